The topological polar surface area (TPSA) is 53.0 Å². The van der Waals surface area contributed by atoms with E-state index in [0.717, 1.165) is 12.8 Å². The summed E-state index contributed by atoms with van der Waals surface area (Å²) in [6.45, 7) is 6.40. The molecule has 3 rings (SSSR count). The van der Waals surface area contributed by atoms with Crippen molar-refractivity contribution in [2.24, 2.45) is 0 Å². The highest BCUT2D eigenvalue weighted by Gasteiger charge is 2.33. The summed E-state index contributed by atoms with van der Waals surface area (Å²) in [6, 6.07) is 8.08. The van der Waals surface area contributed by atoms with E-state index in [1.54, 1.807) is 0 Å². The maximum Gasteiger partial charge on any atom is 0.257 e. The highest BCUT2D eigenvalue weighted by atomic mass is 16.5. The number of carbonyl (C=O) groups is 1. The Kier molecular flexibility index (Phi) is 5.41. The molecule has 1 saturated carbocycles. The van der Waals surface area contributed by atoms with Crippen LogP contribution in [0.15, 0.2) is 24.3 Å². The third-order valence-corrected chi connectivity index (χ3v) is 5.21. The van der Waals surface area contributed by atoms with Crippen molar-refractivity contribution in [1.82, 2.24) is 9.80 Å². The monoisotopic (exact) mass is 332 g/mol. The molecule has 1 amide bonds. The predicted molar refractivity (Wildman–Crippen MR) is 93.3 cm³/mol. The molecule has 0 radical (unpaired) electrons. The lowest BCUT2D eigenvalue weighted by atomic mass is 9.96. The molecule has 0 spiro atoms. The lowest BCUT2D eigenvalue weighted by Gasteiger charge is -2.44. The molecule has 2 fully saturated rings. The molecule has 1 aromatic carbocycles. The van der Waals surface area contributed by atoms with E-state index < -0.39 is 0 Å². The molecule has 24 heavy (non-hydrogen) atoms. The first-order valence-corrected chi connectivity index (χ1v) is 9.01. The van der Waals surface area contributed by atoms with E-state index in [1.807, 2.05) is 29.2 Å². The van der Waals surface area contributed by atoms with Gasteiger partial charge >= 0.3 is 0 Å². The van der Waals surface area contributed by atoms with Crippen LogP contribution in [-0.2, 0) is 0 Å². The van der Waals surface area contributed by atoms with Gasteiger partial charge in [0.15, 0.2) is 0 Å². The molecule has 1 aromatic rings. The number of ether oxygens (including phenoxy) is 1. The molecule has 1 aliphatic heterocycles. The molecule has 132 valence electrons. The summed E-state index contributed by atoms with van der Waals surface area (Å²) in [5, 5.41) is 9.22. The van der Waals surface area contributed by atoms with Crippen LogP contribution in [0.25, 0.3) is 0 Å². The van der Waals surface area contributed by atoms with Crippen molar-refractivity contribution in [2.45, 2.75) is 51.3 Å². The van der Waals surface area contributed by atoms with Gasteiger partial charge in [-0.1, -0.05) is 12.1 Å². The zero-order valence-corrected chi connectivity index (χ0v) is 14.6. The molecule has 1 heterocycles. The van der Waals surface area contributed by atoms with Gasteiger partial charge in [0.2, 0.25) is 0 Å². The smallest absolute Gasteiger partial charge is 0.257 e. The Morgan fingerprint density at radius 1 is 1.21 bits per heavy atom. The van der Waals surface area contributed by atoms with Crippen LogP contribution < -0.4 is 4.74 Å². The van der Waals surface area contributed by atoms with Crippen LogP contribution in [0.2, 0.25) is 0 Å². The number of hydrogen-bond donors (Lipinski definition) is 1. The van der Waals surface area contributed by atoms with E-state index in [9.17, 15) is 9.90 Å². The van der Waals surface area contributed by atoms with Crippen LogP contribution in [0.1, 0.15) is 43.5 Å². The summed E-state index contributed by atoms with van der Waals surface area (Å²) >= 11 is 0. The SMILES string of the molecule is C[C@@H]1CN(C(=O)c2ccccc2OC2CCC2)C[C@H](C)N1CCO. The molecule has 2 aliphatic rings. The molecule has 5 nitrogen and oxygen atoms in total. The summed E-state index contributed by atoms with van der Waals surface area (Å²) in [5.41, 5.74) is 0.666. The third kappa shape index (κ3) is 3.57. The number of carbonyl (C=O) groups excluding carboxylic acids is 1. The summed E-state index contributed by atoms with van der Waals surface area (Å²) in [5.74, 6) is 0.762. The fraction of sp³-hybridized carbons (Fsp3) is 0.632. The number of rotatable bonds is 5. The standard InChI is InChI=1S/C19H28N2O3/c1-14-12-20(13-15(2)21(14)10-11-22)19(23)17-8-3-4-9-18(17)24-16-6-5-7-16/h3-4,8-9,14-16,22H,5-7,10-13H2,1-2H3/t14-,15+. The lowest BCUT2D eigenvalue weighted by molar-refractivity contribution is 0.0231. The van der Waals surface area contributed by atoms with E-state index in [-0.39, 0.29) is 30.7 Å². The zero-order valence-electron chi connectivity index (χ0n) is 14.6. The molecule has 1 N–H and O–H groups in total. The van der Waals surface area contributed by atoms with Gasteiger partial charge in [-0.25, -0.2) is 0 Å². The van der Waals surface area contributed by atoms with Crippen LogP contribution in [-0.4, -0.2) is 65.2 Å². The van der Waals surface area contributed by atoms with Gasteiger partial charge in [-0.3, -0.25) is 9.69 Å². The molecule has 0 unspecified atom stereocenters. The van der Waals surface area contributed by atoms with Crippen LogP contribution in [0.4, 0.5) is 0 Å². The first kappa shape index (κ1) is 17.2. The maximum atomic E-state index is 13.0. The average Bonchev–Trinajstić information content (AvgIpc) is 2.54. The molecule has 1 saturated heterocycles. The van der Waals surface area contributed by atoms with Crippen molar-refractivity contribution in [1.29, 1.82) is 0 Å². The van der Waals surface area contributed by atoms with Crippen molar-refractivity contribution < 1.29 is 14.6 Å². The second-order valence-electron chi connectivity index (χ2n) is 7.04. The van der Waals surface area contributed by atoms with Crippen molar-refractivity contribution in [2.75, 3.05) is 26.2 Å². The number of aliphatic hydroxyl groups excluding tert-OH is 1. The van der Waals surface area contributed by atoms with Gasteiger partial charge in [0.05, 0.1) is 18.3 Å². The Morgan fingerprint density at radius 3 is 2.46 bits per heavy atom. The fourth-order valence-electron chi connectivity index (χ4n) is 3.66. The van der Waals surface area contributed by atoms with E-state index in [1.165, 1.54) is 6.42 Å². The Morgan fingerprint density at radius 2 is 1.88 bits per heavy atom. The fourth-order valence-corrected chi connectivity index (χ4v) is 3.66. The van der Waals surface area contributed by atoms with E-state index in [2.05, 4.69) is 18.7 Å². The van der Waals surface area contributed by atoms with Gasteiger partial charge in [0, 0.05) is 31.7 Å². The number of nitrogens with zero attached hydrogens (tertiary/aromatic N) is 2. The minimum Gasteiger partial charge on any atom is -0.490 e. The Balaban J connectivity index is 1.72. The summed E-state index contributed by atoms with van der Waals surface area (Å²) < 4.78 is 6.02. The number of β-amino-alcohol motifs (C(OH)–C–C–N with tert-alkyl or cyclic N) is 1. The molecule has 1 aliphatic carbocycles. The molecule has 5 heteroatoms. The number of aliphatic hydroxyl groups is 1. The highest BCUT2D eigenvalue weighted by molar-refractivity contribution is 5.97. The largest absolute Gasteiger partial charge is 0.490 e. The second kappa shape index (κ2) is 7.53. The third-order valence-electron chi connectivity index (χ3n) is 5.21. The minimum atomic E-state index is 0.0484. The van der Waals surface area contributed by atoms with Crippen LogP contribution in [0.5, 0.6) is 5.75 Å². The van der Waals surface area contributed by atoms with Gasteiger partial charge in [0.25, 0.3) is 5.91 Å². The number of piperazine rings is 1. The van der Waals surface area contributed by atoms with Gasteiger partial charge in [-0.05, 0) is 45.2 Å². The second-order valence-corrected chi connectivity index (χ2v) is 7.04. The average molecular weight is 332 g/mol. The van der Waals surface area contributed by atoms with E-state index in [0.29, 0.717) is 30.9 Å². The van der Waals surface area contributed by atoms with Crippen LogP contribution >= 0.6 is 0 Å². The van der Waals surface area contributed by atoms with Crippen molar-refractivity contribution >= 4 is 5.91 Å². The van der Waals surface area contributed by atoms with Gasteiger partial charge < -0.3 is 14.7 Å². The lowest BCUT2D eigenvalue weighted by Crippen LogP contribution is -2.58. The molecule has 2 atom stereocenters. The molecule has 0 bridgehead atoms. The van der Waals surface area contributed by atoms with Gasteiger partial charge in [0.1, 0.15) is 5.75 Å². The minimum absolute atomic E-state index is 0.0484. The van der Waals surface area contributed by atoms with Crippen molar-refractivity contribution in [3.05, 3.63) is 29.8 Å². The first-order chi connectivity index (χ1) is 11.6. The molecular formula is C19H28N2O3. The number of amides is 1. The summed E-state index contributed by atoms with van der Waals surface area (Å²) in [4.78, 5) is 17.2. The van der Waals surface area contributed by atoms with Crippen molar-refractivity contribution in [3.8, 4) is 5.75 Å². The van der Waals surface area contributed by atoms with Gasteiger partial charge in [-0.2, -0.15) is 0 Å². The van der Waals surface area contributed by atoms with Crippen LogP contribution in [0.3, 0.4) is 0 Å². The molecule has 0 aromatic heterocycles. The molecular weight excluding hydrogens is 304 g/mol. The quantitative estimate of drug-likeness (QED) is 0.898. The highest BCUT2D eigenvalue weighted by Crippen LogP contribution is 2.29. The van der Waals surface area contributed by atoms with Crippen molar-refractivity contribution in [3.63, 3.8) is 0 Å². The Labute approximate surface area is 144 Å². The summed E-state index contributed by atoms with van der Waals surface area (Å²) in [7, 11) is 0. The number of benzene rings is 1. The Bertz CT molecular complexity index is 561. The normalized spacial score (nSPS) is 25.4. The predicted octanol–water partition coefficient (Wildman–Crippen LogP) is 2.15. The Hall–Kier alpha value is -1.59. The van der Waals surface area contributed by atoms with Crippen LogP contribution in [0, 0.1) is 0 Å². The first-order valence-electron chi connectivity index (χ1n) is 9.01. The van der Waals surface area contributed by atoms with E-state index in [4.69, 9.17) is 4.74 Å². The summed E-state index contributed by atoms with van der Waals surface area (Å²) in [6.07, 6.45) is 3.63. The number of para-hydroxylation sites is 1. The van der Waals surface area contributed by atoms with Gasteiger partial charge in [-0.15, -0.1) is 0 Å². The maximum absolute atomic E-state index is 13.0. The van der Waals surface area contributed by atoms with E-state index >= 15 is 0 Å². The number of hydrogen-bond acceptors (Lipinski definition) is 4. The zero-order chi connectivity index (χ0) is 17.1.